The SMILES string of the molecule is O=C(NCC1CCN(CC(F)(F)F)C1)NCC1CCN(c2ccccc2)C1. The molecule has 2 aliphatic heterocycles. The molecule has 0 radical (unpaired) electrons. The van der Waals surface area contributed by atoms with Crippen molar-refractivity contribution in [2.75, 3.05) is 50.7 Å². The predicted molar refractivity (Wildman–Crippen MR) is 98.8 cm³/mol. The molecule has 1 aromatic carbocycles. The smallest absolute Gasteiger partial charge is 0.371 e. The van der Waals surface area contributed by atoms with Crippen molar-refractivity contribution in [3.05, 3.63) is 30.3 Å². The van der Waals surface area contributed by atoms with E-state index in [1.165, 1.54) is 10.6 Å². The molecule has 2 fully saturated rings. The summed E-state index contributed by atoms with van der Waals surface area (Å²) in [5.41, 5.74) is 1.20. The van der Waals surface area contributed by atoms with E-state index in [9.17, 15) is 18.0 Å². The van der Waals surface area contributed by atoms with Crippen molar-refractivity contribution in [2.45, 2.75) is 19.0 Å². The number of urea groups is 1. The fourth-order valence-electron chi connectivity index (χ4n) is 3.89. The molecule has 2 saturated heterocycles. The maximum absolute atomic E-state index is 12.4. The number of nitrogens with one attached hydrogen (secondary N) is 2. The molecule has 3 rings (SSSR count). The number of hydrogen-bond acceptors (Lipinski definition) is 3. The van der Waals surface area contributed by atoms with E-state index >= 15 is 0 Å². The summed E-state index contributed by atoms with van der Waals surface area (Å²) in [6.07, 6.45) is -2.44. The quantitative estimate of drug-likeness (QED) is 0.793. The molecule has 2 atom stereocenters. The summed E-state index contributed by atoms with van der Waals surface area (Å²) in [5, 5.41) is 5.70. The highest BCUT2D eigenvalue weighted by atomic mass is 19.4. The molecule has 0 aromatic heterocycles. The number of amides is 2. The number of nitrogens with zero attached hydrogens (tertiary/aromatic N) is 2. The maximum Gasteiger partial charge on any atom is 0.401 e. The van der Waals surface area contributed by atoms with Crippen molar-refractivity contribution in [3.63, 3.8) is 0 Å². The highest BCUT2D eigenvalue weighted by Gasteiger charge is 2.34. The van der Waals surface area contributed by atoms with Gasteiger partial charge in [0.2, 0.25) is 0 Å². The van der Waals surface area contributed by atoms with Crippen LogP contribution >= 0.6 is 0 Å². The summed E-state index contributed by atoms with van der Waals surface area (Å²) in [7, 11) is 0. The van der Waals surface area contributed by atoms with Gasteiger partial charge in [-0.3, -0.25) is 4.90 Å². The van der Waals surface area contributed by atoms with E-state index in [2.05, 4.69) is 27.7 Å². The highest BCUT2D eigenvalue weighted by Crippen LogP contribution is 2.23. The Morgan fingerprint density at radius 2 is 1.63 bits per heavy atom. The lowest BCUT2D eigenvalue weighted by Crippen LogP contribution is -2.41. The van der Waals surface area contributed by atoms with Gasteiger partial charge in [0.1, 0.15) is 0 Å². The number of alkyl halides is 3. The number of anilines is 1. The summed E-state index contributed by atoms with van der Waals surface area (Å²) in [5.74, 6) is 0.489. The van der Waals surface area contributed by atoms with E-state index < -0.39 is 12.7 Å². The minimum Gasteiger partial charge on any atom is -0.371 e. The monoisotopic (exact) mass is 384 g/mol. The molecule has 1 aromatic rings. The van der Waals surface area contributed by atoms with Crippen LogP contribution < -0.4 is 15.5 Å². The second-order valence-corrected chi connectivity index (χ2v) is 7.53. The summed E-state index contributed by atoms with van der Waals surface area (Å²) in [6.45, 7) is 2.88. The molecule has 150 valence electrons. The summed E-state index contributed by atoms with van der Waals surface area (Å²) < 4.78 is 37.2. The number of benzene rings is 1. The molecular weight excluding hydrogens is 357 g/mol. The van der Waals surface area contributed by atoms with Crippen LogP contribution in [0.3, 0.4) is 0 Å². The normalized spacial score (nSPS) is 23.6. The zero-order chi connectivity index (χ0) is 19.3. The molecule has 0 saturated carbocycles. The fraction of sp³-hybridized carbons (Fsp3) is 0.632. The molecule has 2 N–H and O–H groups in total. The molecule has 2 heterocycles. The topological polar surface area (TPSA) is 47.6 Å². The van der Waals surface area contributed by atoms with Crippen LogP contribution in [-0.4, -0.2) is 62.9 Å². The van der Waals surface area contributed by atoms with Crippen molar-refractivity contribution < 1.29 is 18.0 Å². The van der Waals surface area contributed by atoms with E-state index in [1.807, 2.05) is 18.2 Å². The number of para-hydroxylation sites is 1. The van der Waals surface area contributed by atoms with Crippen LogP contribution in [0.25, 0.3) is 0 Å². The lowest BCUT2D eigenvalue weighted by Gasteiger charge is -2.19. The number of hydrogen-bond donors (Lipinski definition) is 2. The van der Waals surface area contributed by atoms with Crippen LogP contribution in [-0.2, 0) is 0 Å². The summed E-state index contributed by atoms with van der Waals surface area (Å²) in [4.78, 5) is 15.7. The minimum absolute atomic E-state index is 0.0816. The van der Waals surface area contributed by atoms with Crippen LogP contribution in [0.15, 0.2) is 30.3 Å². The van der Waals surface area contributed by atoms with Crippen LogP contribution in [0, 0.1) is 11.8 Å². The van der Waals surface area contributed by atoms with Crippen molar-refractivity contribution >= 4 is 11.7 Å². The zero-order valence-corrected chi connectivity index (χ0v) is 15.3. The van der Waals surface area contributed by atoms with E-state index in [0.29, 0.717) is 38.5 Å². The number of carbonyl (C=O) groups is 1. The predicted octanol–water partition coefficient (Wildman–Crippen LogP) is 2.70. The van der Waals surface area contributed by atoms with Gasteiger partial charge in [-0.2, -0.15) is 13.2 Å². The second-order valence-electron chi connectivity index (χ2n) is 7.53. The molecule has 2 aliphatic rings. The lowest BCUT2D eigenvalue weighted by molar-refractivity contribution is -0.143. The number of rotatable bonds is 6. The molecule has 5 nitrogen and oxygen atoms in total. The Morgan fingerprint density at radius 3 is 2.30 bits per heavy atom. The molecular formula is C19H27F3N4O. The van der Waals surface area contributed by atoms with Crippen molar-refractivity contribution in [3.8, 4) is 0 Å². The molecule has 0 aliphatic carbocycles. The third kappa shape index (κ3) is 6.30. The zero-order valence-electron chi connectivity index (χ0n) is 15.3. The first-order chi connectivity index (χ1) is 12.9. The van der Waals surface area contributed by atoms with Crippen molar-refractivity contribution in [1.82, 2.24) is 15.5 Å². The van der Waals surface area contributed by atoms with Crippen LogP contribution in [0.1, 0.15) is 12.8 Å². The second kappa shape index (κ2) is 8.82. The Bertz CT molecular complexity index is 611. The largest absolute Gasteiger partial charge is 0.401 e. The van der Waals surface area contributed by atoms with Gasteiger partial charge in [0, 0.05) is 38.4 Å². The summed E-state index contributed by atoms with van der Waals surface area (Å²) in [6, 6.07) is 9.98. The van der Waals surface area contributed by atoms with Gasteiger partial charge in [0.15, 0.2) is 0 Å². The maximum atomic E-state index is 12.4. The molecule has 27 heavy (non-hydrogen) atoms. The van der Waals surface area contributed by atoms with Crippen LogP contribution in [0.2, 0.25) is 0 Å². The lowest BCUT2D eigenvalue weighted by atomic mass is 10.1. The molecule has 0 spiro atoms. The first kappa shape index (κ1) is 19.8. The highest BCUT2D eigenvalue weighted by molar-refractivity contribution is 5.73. The Kier molecular flexibility index (Phi) is 6.46. The van der Waals surface area contributed by atoms with Gasteiger partial charge in [0.05, 0.1) is 6.54 Å². The van der Waals surface area contributed by atoms with E-state index in [1.54, 1.807) is 0 Å². The first-order valence-electron chi connectivity index (χ1n) is 9.50. The average molecular weight is 384 g/mol. The van der Waals surface area contributed by atoms with E-state index in [4.69, 9.17) is 0 Å². The van der Waals surface area contributed by atoms with Crippen molar-refractivity contribution in [2.24, 2.45) is 11.8 Å². The van der Waals surface area contributed by atoms with Gasteiger partial charge in [-0.05, 0) is 43.4 Å². The van der Waals surface area contributed by atoms with E-state index in [-0.39, 0.29) is 11.9 Å². The van der Waals surface area contributed by atoms with Crippen molar-refractivity contribution in [1.29, 1.82) is 0 Å². The summed E-state index contributed by atoms with van der Waals surface area (Å²) >= 11 is 0. The Morgan fingerprint density at radius 1 is 1.00 bits per heavy atom. The molecule has 0 bridgehead atoms. The third-order valence-corrected chi connectivity index (χ3v) is 5.28. The number of carbonyl (C=O) groups excluding carboxylic acids is 1. The average Bonchev–Trinajstić information content (AvgIpc) is 3.27. The Labute approximate surface area is 157 Å². The Balaban J connectivity index is 1.31. The van der Waals surface area contributed by atoms with Gasteiger partial charge in [-0.25, -0.2) is 4.79 Å². The van der Waals surface area contributed by atoms with Gasteiger partial charge in [0.25, 0.3) is 0 Å². The number of halogens is 3. The van der Waals surface area contributed by atoms with Crippen LogP contribution in [0.4, 0.5) is 23.7 Å². The molecule has 2 amide bonds. The number of likely N-dealkylation sites (tertiary alicyclic amines) is 1. The third-order valence-electron chi connectivity index (χ3n) is 5.28. The molecule has 2 unspecified atom stereocenters. The Hall–Kier alpha value is -1.96. The molecule has 8 heteroatoms. The van der Waals surface area contributed by atoms with Gasteiger partial charge < -0.3 is 15.5 Å². The first-order valence-corrected chi connectivity index (χ1v) is 9.50. The van der Waals surface area contributed by atoms with Gasteiger partial charge in [-0.1, -0.05) is 18.2 Å². The minimum atomic E-state index is -4.16. The van der Waals surface area contributed by atoms with Crippen LogP contribution in [0.5, 0.6) is 0 Å². The van der Waals surface area contributed by atoms with Gasteiger partial charge >= 0.3 is 12.2 Å². The fourth-order valence-corrected chi connectivity index (χ4v) is 3.89. The standard InChI is InChI=1S/C19H27F3N4O/c20-19(21,22)14-25-8-6-15(12-25)10-23-18(27)24-11-16-7-9-26(13-16)17-4-2-1-3-5-17/h1-5,15-16H,6-14H2,(H2,23,24,27). The van der Waals surface area contributed by atoms with Gasteiger partial charge in [-0.15, -0.1) is 0 Å². The van der Waals surface area contributed by atoms with E-state index in [0.717, 1.165) is 19.5 Å².